The van der Waals surface area contributed by atoms with Crippen molar-refractivity contribution >= 4 is 27.5 Å². The summed E-state index contributed by atoms with van der Waals surface area (Å²) in [5.74, 6) is 0. The first kappa shape index (κ1) is 16.5. The lowest BCUT2D eigenvalue weighted by atomic mass is 9.95. The maximum absolute atomic E-state index is 6.29. The standard InChI is InChI=1S/C18H21BrClN/c1-3-11-21-18(12-14-7-4-5-9-16(14)19)15-8-6-10-17(20)13(15)2/h4-10,18,21H,3,11-12H2,1-2H3. The zero-order valence-electron chi connectivity index (χ0n) is 12.5. The minimum Gasteiger partial charge on any atom is -0.310 e. The molecule has 0 aliphatic heterocycles. The Morgan fingerprint density at radius 2 is 1.90 bits per heavy atom. The first-order valence-electron chi connectivity index (χ1n) is 7.35. The molecule has 0 aliphatic carbocycles. The molecule has 1 atom stereocenters. The zero-order chi connectivity index (χ0) is 15.2. The Kier molecular flexibility index (Phi) is 6.28. The van der Waals surface area contributed by atoms with Crippen LogP contribution < -0.4 is 5.32 Å². The fourth-order valence-electron chi connectivity index (χ4n) is 2.50. The molecule has 112 valence electrons. The molecular formula is C18H21BrClN. The average Bonchev–Trinajstić information content (AvgIpc) is 2.48. The van der Waals surface area contributed by atoms with Crippen molar-refractivity contribution in [2.24, 2.45) is 0 Å². The number of benzene rings is 2. The van der Waals surface area contributed by atoms with Crippen LogP contribution in [-0.4, -0.2) is 6.54 Å². The number of halogens is 2. The van der Waals surface area contributed by atoms with Crippen LogP contribution in [0.1, 0.15) is 36.1 Å². The first-order chi connectivity index (χ1) is 10.1. The van der Waals surface area contributed by atoms with Gasteiger partial charge in [-0.15, -0.1) is 0 Å². The second-order valence-corrected chi connectivity index (χ2v) is 6.52. The van der Waals surface area contributed by atoms with Gasteiger partial charge in [-0.05, 0) is 55.1 Å². The molecule has 21 heavy (non-hydrogen) atoms. The number of rotatable bonds is 6. The Hall–Kier alpha value is -0.830. The summed E-state index contributed by atoms with van der Waals surface area (Å²) in [5, 5.41) is 4.49. The van der Waals surface area contributed by atoms with Gasteiger partial charge in [-0.1, -0.05) is 64.8 Å². The van der Waals surface area contributed by atoms with E-state index >= 15 is 0 Å². The molecule has 0 aromatic heterocycles. The summed E-state index contributed by atoms with van der Waals surface area (Å²) >= 11 is 9.93. The molecule has 3 heteroatoms. The summed E-state index contributed by atoms with van der Waals surface area (Å²) in [6.07, 6.45) is 2.06. The highest BCUT2D eigenvalue weighted by Gasteiger charge is 2.16. The van der Waals surface area contributed by atoms with Crippen LogP contribution in [0, 0.1) is 6.92 Å². The molecule has 0 radical (unpaired) electrons. The molecule has 0 spiro atoms. The van der Waals surface area contributed by atoms with E-state index in [1.165, 1.54) is 16.7 Å². The molecule has 0 saturated carbocycles. The summed E-state index contributed by atoms with van der Waals surface area (Å²) in [6.45, 7) is 5.28. The fraction of sp³-hybridized carbons (Fsp3) is 0.333. The number of nitrogens with one attached hydrogen (secondary N) is 1. The third-order valence-corrected chi connectivity index (χ3v) is 4.89. The lowest BCUT2D eigenvalue weighted by Gasteiger charge is -2.22. The van der Waals surface area contributed by atoms with Crippen LogP contribution in [-0.2, 0) is 6.42 Å². The molecule has 0 aliphatic rings. The second kappa shape index (κ2) is 7.98. The normalized spacial score (nSPS) is 12.4. The van der Waals surface area contributed by atoms with Crippen LogP contribution in [0.3, 0.4) is 0 Å². The molecular weight excluding hydrogens is 346 g/mol. The monoisotopic (exact) mass is 365 g/mol. The van der Waals surface area contributed by atoms with Gasteiger partial charge in [-0.3, -0.25) is 0 Å². The maximum Gasteiger partial charge on any atom is 0.0438 e. The van der Waals surface area contributed by atoms with E-state index in [1.54, 1.807) is 0 Å². The van der Waals surface area contributed by atoms with Gasteiger partial charge in [0.2, 0.25) is 0 Å². The van der Waals surface area contributed by atoms with Gasteiger partial charge in [0.05, 0.1) is 0 Å². The minimum atomic E-state index is 0.280. The summed E-state index contributed by atoms with van der Waals surface area (Å²) in [7, 11) is 0. The molecule has 2 aromatic rings. The molecule has 1 nitrogen and oxygen atoms in total. The SMILES string of the molecule is CCCNC(Cc1ccccc1Br)c1cccc(Cl)c1C. The first-order valence-corrected chi connectivity index (χ1v) is 8.52. The molecule has 1 N–H and O–H groups in total. The lowest BCUT2D eigenvalue weighted by molar-refractivity contribution is 0.526. The largest absolute Gasteiger partial charge is 0.310 e. The van der Waals surface area contributed by atoms with E-state index in [9.17, 15) is 0 Å². The molecule has 0 fully saturated rings. The summed E-state index contributed by atoms with van der Waals surface area (Å²) < 4.78 is 1.16. The van der Waals surface area contributed by atoms with Gasteiger partial charge >= 0.3 is 0 Å². The van der Waals surface area contributed by atoms with Gasteiger partial charge in [0.15, 0.2) is 0 Å². The number of hydrogen-bond donors (Lipinski definition) is 1. The van der Waals surface area contributed by atoms with Gasteiger partial charge < -0.3 is 5.32 Å². The van der Waals surface area contributed by atoms with Crippen molar-refractivity contribution in [1.29, 1.82) is 0 Å². The summed E-state index contributed by atoms with van der Waals surface area (Å²) in [5.41, 5.74) is 3.76. The Morgan fingerprint density at radius 1 is 1.14 bits per heavy atom. The molecule has 0 heterocycles. The van der Waals surface area contributed by atoms with E-state index in [1.807, 2.05) is 18.2 Å². The highest BCUT2D eigenvalue weighted by atomic mass is 79.9. The van der Waals surface area contributed by atoms with Crippen molar-refractivity contribution in [3.05, 3.63) is 68.7 Å². The van der Waals surface area contributed by atoms with Crippen molar-refractivity contribution in [1.82, 2.24) is 5.32 Å². The lowest BCUT2D eigenvalue weighted by Crippen LogP contribution is -2.25. The summed E-state index contributed by atoms with van der Waals surface area (Å²) in [6, 6.07) is 14.8. The van der Waals surface area contributed by atoms with Gasteiger partial charge in [-0.2, -0.15) is 0 Å². The Balaban J connectivity index is 2.30. The predicted molar refractivity (Wildman–Crippen MR) is 95.1 cm³/mol. The smallest absolute Gasteiger partial charge is 0.0438 e. The van der Waals surface area contributed by atoms with E-state index < -0.39 is 0 Å². The van der Waals surface area contributed by atoms with Crippen LogP contribution >= 0.6 is 27.5 Å². The van der Waals surface area contributed by atoms with E-state index in [-0.39, 0.29) is 6.04 Å². The van der Waals surface area contributed by atoms with Gasteiger partial charge in [0.1, 0.15) is 0 Å². The van der Waals surface area contributed by atoms with Gasteiger partial charge in [0, 0.05) is 15.5 Å². The third-order valence-electron chi connectivity index (χ3n) is 3.71. The Morgan fingerprint density at radius 3 is 2.62 bits per heavy atom. The maximum atomic E-state index is 6.29. The van der Waals surface area contributed by atoms with Crippen molar-refractivity contribution in [3.63, 3.8) is 0 Å². The van der Waals surface area contributed by atoms with Crippen LogP contribution in [0.2, 0.25) is 5.02 Å². The molecule has 1 unspecified atom stereocenters. The highest BCUT2D eigenvalue weighted by molar-refractivity contribution is 9.10. The van der Waals surface area contributed by atoms with E-state index in [2.05, 4.69) is 59.4 Å². The minimum absolute atomic E-state index is 0.280. The van der Waals surface area contributed by atoms with Crippen molar-refractivity contribution < 1.29 is 0 Å². The Bertz CT molecular complexity index is 598. The predicted octanol–water partition coefficient (Wildman–Crippen LogP) is 5.69. The molecule has 2 aromatic carbocycles. The van der Waals surface area contributed by atoms with Gasteiger partial charge in [-0.25, -0.2) is 0 Å². The van der Waals surface area contributed by atoms with E-state index in [0.717, 1.165) is 28.9 Å². The van der Waals surface area contributed by atoms with Crippen LogP contribution in [0.25, 0.3) is 0 Å². The zero-order valence-corrected chi connectivity index (χ0v) is 14.8. The van der Waals surface area contributed by atoms with Crippen molar-refractivity contribution in [2.75, 3.05) is 6.54 Å². The molecule has 0 saturated heterocycles. The average molecular weight is 367 g/mol. The Labute approximate surface area is 140 Å². The molecule has 2 rings (SSSR count). The molecule has 0 amide bonds. The highest BCUT2D eigenvalue weighted by Crippen LogP contribution is 2.28. The molecule has 0 bridgehead atoms. The van der Waals surface area contributed by atoms with Crippen LogP contribution in [0.5, 0.6) is 0 Å². The number of hydrogen-bond acceptors (Lipinski definition) is 1. The second-order valence-electron chi connectivity index (χ2n) is 5.26. The third kappa shape index (κ3) is 4.32. The van der Waals surface area contributed by atoms with Gasteiger partial charge in [0.25, 0.3) is 0 Å². The summed E-state index contributed by atoms with van der Waals surface area (Å²) in [4.78, 5) is 0. The van der Waals surface area contributed by atoms with Crippen LogP contribution in [0.4, 0.5) is 0 Å². The van der Waals surface area contributed by atoms with Crippen molar-refractivity contribution in [3.8, 4) is 0 Å². The van der Waals surface area contributed by atoms with E-state index in [0.29, 0.717) is 0 Å². The van der Waals surface area contributed by atoms with E-state index in [4.69, 9.17) is 11.6 Å². The fourth-order valence-corrected chi connectivity index (χ4v) is 3.12. The van der Waals surface area contributed by atoms with Crippen LogP contribution in [0.15, 0.2) is 46.9 Å². The topological polar surface area (TPSA) is 12.0 Å². The van der Waals surface area contributed by atoms with Crippen molar-refractivity contribution in [2.45, 2.75) is 32.7 Å². The quantitative estimate of drug-likeness (QED) is 0.692.